The van der Waals surface area contributed by atoms with Gasteiger partial charge in [-0.1, -0.05) is 65.5 Å². The molecule has 0 aliphatic carbocycles. The van der Waals surface area contributed by atoms with Crippen LogP contribution in [0.25, 0.3) is 0 Å². The van der Waals surface area contributed by atoms with Gasteiger partial charge in [-0.05, 0) is 37.5 Å². The van der Waals surface area contributed by atoms with Crippen LogP contribution in [0.4, 0.5) is 0 Å². The lowest BCUT2D eigenvalue weighted by Gasteiger charge is -2.02. The van der Waals surface area contributed by atoms with E-state index >= 15 is 0 Å². The molecule has 0 N–H and O–H groups in total. The minimum absolute atomic E-state index is 0.875. The lowest BCUT2D eigenvalue weighted by Crippen LogP contribution is -1.86. The third kappa shape index (κ3) is 13.7. The summed E-state index contributed by atoms with van der Waals surface area (Å²) in [5, 5.41) is 0. The highest BCUT2D eigenvalue weighted by molar-refractivity contribution is 4.81. The maximum absolute atomic E-state index is 2.38. The topological polar surface area (TPSA) is 0 Å². The van der Waals surface area contributed by atoms with Crippen molar-refractivity contribution >= 4 is 0 Å². The van der Waals surface area contributed by atoms with Crippen LogP contribution in [0.2, 0.25) is 0 Å². The van der Waals surface area contributed by atoms with Crippen LogP contribution in [0.5, 0.6) is 0 Å². The summed E-state index contributed by atoms with van der Waals surface area (Å²) >= 11 is 0. The summed E-state index contributed by atoms with van der Waals surface area (Å²) in [6.45, 7) is 9.24. The summed E-state index contributed by atoms with van der Waals surface area (Å²) in [6, 6.07) is 0. The highest BCUT2D eigenvalue weighted by Crippen LogP contribution is 2.10. The number of hydrogen-bond donors (Lipinski definition) is 0. The van der Waals surface area contributed by atoms with Gasteiger partial charge in [0, 0.05) is 0 Å². The van der Waals surface area contributed by atoms with Gasteiger partial charge in [-0.15, -0.1) is 0 Å². The Morgan fingerprint density at radius 3 is 1.31 bits per heavy atom. The molecule has 0 aromatic rings. The van der Waals surface area contributed by atoms with Crippen molar-refractivity contribution in [1.29, 1.82) is 0 Å². The van der Waals surface area contributed by atoms with E-state index in [0.29, 0.717) is 0 Å². The van der Waals surface area contributed by atoms with Crippen LogP contribution >= 0.6 is 0 Å². The van der Waals surface area contributed by atoms with Gasteiger partial charge in [0.05, 0.1) is 0 Å². The van der Waals surface area contributed by atoms with E-state index in [2.05, 4.69) is 39.8 Å². The normalized spacial score (nSPS) is 12.1. The Kier molecular flexibility index (Phi) is 11.0. The van der Waals surface area contributed by atoms with E-state index in [1.54, 1.807) is 0 Å². The van der Waals surface area contributed by atoms with Gasteiger partial charge in [-0.25, -0.2) is 0 Å². The molecule has 16 heavy (non-hydrogen) atoms. The zero-order chi connectivity index (χ0) is 12.2. The highest BCUT2D eigenvalue weighted by atomic mass is 14.0. The molecule has 96 valence electrons. The van der Waals surface area contributed by atoms with E-state index in [9.17, 15) is 0 Å². The molecule has 0 atom stereocenters. The van der Waals surface area contributed by atoms with E-state index in [0.717, 1.165) is 11.8 Å². The molecule has 0 amide bonds. The lowest BCUT2D eigenvalue weighted by atomic mass is 10.0. The van der Waals surface area contributed by atoms with E-state index in [4.69, 9.17) is 0 Å². The molecule has 0 heterocycles. The van der Waals surface area contributed by atoms with Crippen LogP contribution in [-0.4, -0.2) is 0 Å². The average Bonchev–Trinajstić information content (AvgIpc) is 2.20. The molecule has 0 fully saturated rings. The third-order valence-electron chi connectivity index (χ3n) is 2.97. The molecule has 0 saturated carbocycles. The quantitative estimate of drug-likeness (QED) is 0.316. The van der Waals surface area contributed by atoms with Gasteiger partial charge in [-0.3, -0.25) is 0 Å². The first kappa shape index (κ1) is 15.7. The van der Waals surface area contributed by atoms with Crippen molar-refractivity contribution < 1.29 is 0 Å². The fraction of sp³-hybridized carbons (Fsp3) is 0.875. The molecular formula is C16H32. The highest BCUT2D eigenvalue weighted by Gasteiger charge is 1.93. The smallest absolute Gasteiger partial charge is 0.0351 e. The monoisotopic (exact) mass is 224 g/mol. The van der Waals surface area contributed by atoms with Gasteiger partial charge < -0.3 is 0 Å². The summed E-state index contributed by atoms with van der Waals surface area (Å²) in [4.78, 5) is 0. The first-order chi connectivity index (χ1) is 7.63. The van der Waals surface area contributed by atoms with Crippen LogP contribution < -0.4 is 0 Å². The molecule has 0 bridgehead atoms. The van der Waals surface area contributed by atoms with E-state index in [1.807, 2.05) is 0 Å². The van der Waals surface area contributed by atoms with Gasteiger partial charge in [0.25, 0.3) is 0 Å². The fourth-order valence-electron chi connectivity index (χ4n) is 1.87. The molecule has 0 spiro atoms. The molecule has 0 radical (unpaired) electrons. The van der Waals surface area contributed by atoms with Crippen molar-refractivity contribution in [3.63, 3.8) is 0 Å². The average molecular weight is 224 g/mol. The predicted octanol–water partition coefficient (Wildman–Crippen LogP) is 5.98. The second-order valence-corrected chi connectivity index (χ2v) is 5.83. The van der Waals surface area contributed by atoms with Crippen molar-refractivity contribution in [2.24, 2.45) is 11.8 Å². The predicted molar refractivity (Wildman–Crippen MR) is 75.8 cm³/mol. The molecule has 0 aromatic carbocycles. The maximum Gasteiger partial charge on any atom is -0.0351 e. The molecule has 0 aromatic heterocycles. The van der Waals surface area contributed by atoms with Gasteiger partial charge in [0.2, 0.25) is 0 Å². The second kappa shape index (κ2) is 11.2. The first-order valence-electron chi connectivity index (χ1n) is 7.28. The van der Waals surface area contributed by atoms with Crippen LogP contribution in [0.1, 0.15) is 79.1 Å². The number of rotatable bonds is 10. The van der Waals surface area contributed by atoms with Crippen LogP contribution in [-0.2, 0) is 0 Å². The van der Waals surface area contributed by atoms with Crippen molar-refractivity contribution in [1.82, 2.24) is 0 Å². The van der Waals surface area contributed by atoms with Gasteiger partial charge >= 0.3 is 0 Å². The Bertz CT molecular complexity index is 135. The molecule has 0 rings (SSSR count). The van der Waals surface area contributed by atoms with Gasteiger partial charge in [-0.2, -0.15) is 0 Å². The van der Waals surface area contributed by atoms with Crippen LogP contribution in [0.3, 0.4) is 0 Å². The zero-order valence-corrected chi connectivity index (χ0v) is 12.0. The Hall–Kier alpha value is -0.260. The first-order valence-corrected chi connectivity index (χ1v) is 7.28. The van der Waals surface area contributed by atoms with Crippen LogP contribution in [0.15, 0.2) is 12.2 Å². The number of unbranched alkanes of at least 4 members (excludes halogenated alkanes) is 4. The van der Waals surface area contributed by atoms with Gasteiger partial charge in [0.1, 0.15) is 0 Å². The van der Waals surface area contributed by atoms with Crippen LogP contribution in [0, 0.1) is 11.8 Å². The minimum Gasteiger partial charge on any atom is -0.0885 e. The summed E-state index contributed by atoms with van der Waals surface area (Å²) in [5.74, 6) is 1.75. The fourth-order valence-corrected chi connectivity index (χ4v) is 1.87. The Morgan fingerprint density at radius 1 is 0.625 bits per heavy atom. The van der Waals surface area contributed by atoms with E-state index in [-0.39, 0.29) is 0 Å². The second-order valence-electron chi connectivity index (χ2n) is 5.83. The van der Waals surface area contributed by atoms with Crippen molar-refractivity contribution in [3.05, 3.63) is 12.2 Å². The summed E-state index contributed by atoms with van der Waals surface area (Å²) in [5.41, 5.74) is 0. The molecule has 0 aliphatic heterocycles. The molecule has 0 saturated heterocycles. The Labute approximate surface area is 104 Å². The Balaban J connectivity index is 3.10. The minimum atomic E-state index is 0.875. The van der Waals surface area contributed by atoms with Crippen molar-refractivity contribution in [2.75, 3.05) is 0 Å². The lowest BCUT2D eigenvalue weighted by molar-refractivity contribution is 0.537. The maximum atomic E-state index is 2.38. The van der Waals surface area contributed by atoms with Crippen molar-refractivity contribution in [2.45, 2.75) is 79.1 Å². The molecule has 0 unspecified atom stereocenters. The van der Waals surface area contributed by atoms with Crippen molar-refractivity contribution in [3.8, 4) is 0 Å². The zero-order valence-electron chi connectivity index (χ0n) is 12.0. The number of allylic oxidation sites excluding steroid dienone is 2. The summed E-state index contributed by atoms with van der Waals surface area (Å²) in [6.07, 6.45) is 15.7. The SMILES string of the molecule is CC(C)CCCC/C=C/CCCCC(C)C. The Morgan fingerprint density at radius 2 is 1.00 bits per heavy atom. The van der Waals surface area contributed by atoms with Gasteiger partial charge in [0.15, 0.2) is 0 Å². The van der Waals surface area contributed by atoms with E-state index in [1.165, 1.54) is 51.4 Å². The number of hydrogen-bond acceptors (Lipinski definition) is 0. The summed E-state index contributed by atoms with van der Waals surface area (Å²) < 4.78 is 0. The third-order valence-corrected chi connectivity index (χ3v) is 2.97. The largest absolute Gasteiger partial charge is 0.0885 e. The molecular weight excluding hydrogens is 192 g/mol. The van der Waals surface area contributed by atoms with E-state index < -0.39 is 0 Å². The standard InChI is InChI=1S/C16H32/c1-15(2)13-11-9-7-5-6-8-10-12-14-16(3)4/h5-6,15-16H,7-14H2,1-4H3/b6-5+. The molecule has 0 nitrogen and oxygen atoms in total. The molecule has 0 heteroatoms. The molecule has 0 aliphatic rings. The summed E-state index contributed by atoms with van der Waals surface area (Å²) in [7, 11) is 0.